The number of rotatable bonds is 4. The average Bonchev–Trinajstić information content (AvgIpc) is 2.15. The van der Waals surface area contributed by atoms with Crippen molar-refractivity contribution in [1.82, 2.24) is 0 Å². The Morgan fingerprint density at radius 3 is 2.20 bits per heavy atom. The maximum absolute atomic E-state index is 12.9. The van der Waals surface area contributed by atoms with Crippen molar-refractivity contribution in [3.05, 3.63) is 35.4 Å². The molecule has 0 aromatic heterocycles. The Morgan fingerprint density at radius 2 is 1.73 bits per heavy atom. The second-order valence-corrected chi connectivity index (χ2v) is 3.85. The molecule has 0 radical (unpaired) electrons. The molecule has 0 saturated carbocycles. The van der Waals surface area contributed by atoms with Gasteiger partial charge in [0.25, 0.3) is 0 Å². The molecule has 0 aliphatic carbocycles. The Hall–Kier alpha value is -0.960. The summed E-state index contributed by atoms with van der Waals surface area (Å²) in [5.74, 6) is -1.43. The minimum atomic E-state index is -0.597. The van der Waals surface area contributed by atoms with E-state index in [1.54, 1.807) is 6.92 Å². The van der Waals surface area contributed by atoms with E-state index in [0.29, 0.717) is 12.0 Å². The molecule has 0 aliphatic rings. The van der Waals surface area contributed by atoms with Gasteiger partial charge in [0.05, 0.1) is 6.10 Å². The number of aliphatic hydroxyl groups is 1. The fourth-order valence-electron chi connectivity index (χ4n) is 1.61. The first-order chi connectivity index (χ1) is 7.04. The van der Waals surface area contributed by atoms with E-state index >= 15 is 0 Å². The molecule has 0 amide bonds. The largest absolute Gasteiger partial charge is 0.393 e. The van der Waals surface area contributed by atoms with E-state index in [1.165, 1.54) is 12.1 Å². The Kier molecular flexibility index (Phi) is 4.21. The highest BCUT2D eigenvalue weighted by atomic mass is 19.1. The second kappa shape index (κ2) is 5.21. The van der Waals surface area contributed by atoms with Crippen molar-refractivity contribution < 1.29 is 13.9 Å². The average molecular weight is 214 g/mol. The summed E-state index contributed by atoms with van der Waals surface area (Å²) in [6, 6.07) is 3.38. The molecule has 1 rings (SSSR count). The van der Waals surface area contributed by atoms with E-state index in [2.05, 4.69) is 0 Å². The Bertz CT molecular complexity index is 305. The summed E-state index contributed by atoms with van der Waals surface area (Å²) in [5.41, 5.74) is 0.508. The number of hydrogen-bond acceptors (Lipinski definition) is 1. The van der Waals surface area contributed by atoms with Gasteiger partial charge in [-0.3, -0.25) is 0 Å². The van der Waals surface area contributed by atoms with Crippen LogP contribution in [0.5, 0.6) is 0 Å². The topological polar surface area (TPSA) is 20.2 Å². The first kappa shape index (κ1) is 12.1. The van der Waals surface area contributed by atoms with Gasteiger partial charge in [-0.1, -0.05) is 20.3 Å². The van der Waals surface area contributed by atoms with E-state index < -0.39 is 17.7 Å². The normalized spacial score (nSPS) is 15.0. The lowest BCUT2D eigenvalue weighted by molar-refractivity contribution is 0.138. The van der Waals surface area contributed by atoms with Gasteiger partial charge in [-0.25, -0.2) is 8.78 Å². The molecule has 84 valence electrons. The standard InChI is InChI=1S/C12H16F2O/c1-3-4-12(15)8(2)9-5-10(13)7-11(14)6-9/h5-8,12,15H,3-4H2,1-2H3. The summed E-state index contributed by atoms with van der Waals surface area (Å²) in [5, 5.41) is 9.71. The number of halogens is 2. The van der Waals surface area contributed by atoms with Crippen LogP contribution in [0.25, 0.3) is 0 Å². The van der Waals surface area contributed by atoms with Gasteiger partial charge in [-0.15, -0.1) is 0 Å². The van der Waals surface area contributed by atoms with Crippen LogP contribution in [-0.4, -0.2) is 11.2 Å². The number of benzene rings is 1. The summed E-state index contributed by atoms with van der Waals surface area (Å²) in [4.78, 5) is 0. The molecule has 2 atom stereocenters. The maximum atomic E-state index is 12.9. The van der Waals surface area contributed by atoms with E-state index in [9.17, 15) is 13.9 Å². The fraction of sp³-hybridized carbons (Fsp3) is 0.500. The first-order valence-electron chi connectivity index (χ1n) is 5.18. The van der Waals surface area contributed by atoms with Gasteiger partial charge in [0.1, 0.15) is 11.6 Å². The Morgan fingerprint density at radius 1 is 1.20 bits per heavy atom. The van der Waals surface area contributed by atoms with Crippen LogP contribution in [0.2, 0.25) is 0 Å². The van der Waals surface area contributed by atoms with Crippen LogP contribution in [0.4, 0.5) is 8.78 Å². The highest BCUT2D eigenvalue weighted by Crippen LogP contribution is 2.23. The van der Waals surface area contributed by atoms with Crippen molar-refractivity contribution in [2.45, 2.75) is 38.7 Å². The molecular formula is C12H16F2O. The third kappa shape index (κ3) is 3.27. The highest BCUT2D eigenvalue weighted by Gasteiger charge is 2.16. The third-order valence-electron chi connectivity index (χ3n) is 2.57. The molecule has 0 bridgehead atoms. The zero-order valence-electron chi connectivity index (χ0n) is 9.00. The van der Waals surface area contributed by atoms with E-state index in [4.69, 9.17) is 0 Å². The van der Waals surface area contributed by atoms with Crippen LogP contribution in [-0.2, 0) is 0 Å². The zero-order valence-corrected chi connectivity index (χ0v) is 9.00. The molecule has 0 saturated heterocycles. The van der Waals surface area contributed by atoms with Crippen molar-refractivity contribution in [3.63, 3.8) is 0 Å². The van der Waals surface area contributed by atoms with Gasteiger partial charge in [-0.2, -0.15) is 0 Å². The van der Waals surface area contributed by atoms with Crippen molar-refractivity contribution in [1.29, 1.82) is 0 Å². The molecule has 0 spiro atoms. The lowest BCUT2D eigenvalue weighted by atomic mass is 9.93. The van der Waals surface area contributed by atoms with Gasteiger partial charge in [-0.05, 0) is 24.1 Å². The van der Waals surface area contributed by atoms with Gasteiger partial charge in [0.2, 0.25) is 0 Å². The number of aliphatic hydroxyl groups excluding tert-OH is 1. The van der Waals surface area contributed by atoms with Crippen LogP contribution in [0.15, 0.2) is 18.2 Å². The molecule has 1 N–H and O–H groups in total. The first-order valence-corrected chi connectivity index (χ1v) is 5.18. The quantitative estimate of drug-likeness (QED) is 0.815. The van der Waals surface area contributed by atoms with Crippen LogP contribution >= 0.6 is 0 Å². The fourth-order valence-corrected chi connectivity index (χ4v) is 1.61. The lowest BCUT2D eigenvalue weighted by Gasteiger charge is -2.18. The summed E-state index contributed by atoms with van der Waals surface area (Å²) >= 11 is 0. The van der Waals surface area contributed by atoms with Crippen molar-refractivity contribution in [2.24, 2.45) is 0 Å². The third-order valence-corrected chi connectivity index (χ3v) is 2.57. The van der Waals surface area contributed by atoms with E-state index in [1.807, 2.05) is 6.92 Å². The van der Waals surface area contributed by atoms with Crippen molar-refractivity contribution >= 4 is 0 Å². The van der Waals surface area contributed by atoms with Gasteiger partial charge in [0.15, 0.2) is 0 Å². The van der Waals surface area contributed by atoms with Crippen LogP contribution < -0.4 is 0 Å². The molecule has 0 fully saturated rings. The smallest absolute Gasteiger partial charge is 0.126 e. The predicted molar refractivity (Wildman–Crippen MR) is 55.7 cm³/mol. The lowest BCUT2D eigenvalue weighted by Crippen LogP contribution is -2.15. The molecule has 1 nitrogen and oxygen atoms in total. The number of hydrogen-bond donors (Lipinski definition) is 1. The summed E-state index contributed by atoms with van der Waals surface area (Å²) < 4.78 is 25.8. The van der Waals surface area contributed by atoms with E-state index in [-0.39, 0.29) is 5.92 Å². The van der Waals surface area contributed by atoms with Gasteiger partial charge >= 0.3 is 0 Å². The second-order valence-electron chi connectivity index (χ2n) is 3.85. The Labute approximate surface area is 88.7 Å². The van der Waals surface area contributed by atoms with Crippen LogP contribution in [0, 0.1) is 11.6 Å². The molecule has 2 unspecified atom stereocenters. The summed E-state index contributed by atoms with van der Waals surface area (Å²) in [6.07, 6.45) is 0.944. The predicted octanol–water partition coefficient (Wildman–Crippen LogP) is 3.23. The molecule has 3 heteroatoms. The minimum absolute atomic E-state index is 0.241. The molecule has 1 aromatic carbocycles. The molecule has 1 aromatic rings. The summed E-state index contributed by atoms with van der Waals surface area (Å²) in [6.45, 7) is 3.73. The molecule has 0 heterocycles. The highest BCUT2D eigenvalue weighted by molar-refractivity contribution is 5.22. The summed E-state index contributed by atoms with van der Waals surface area (Å²) in [7, 11) is 0. The maximum Gasteiger partial charge on any atom is 0.126 e. The monoisotopic (exact) mass is 214 g/mol. The van der Waals surface area contributed by atoms with Crippen molar-refractivity contribution in [2.75, 3.05) is 0 Å². The SMILES string of the molecule is CCCC(O)C(C)c1cc(F)cc(F)c1. The van der Waals surface area contributed by atoms with Crippen LogP contribution in [0.3, 0.4) is 0 Å². The molecule has 0 aliphatic heterocycles. The molecule has 15 heavy (non-hydrogen) atoms. The Balaban J connectivity index is 2.85. The van der Waals surface area contributed by atoms with Crippen molar-refractivity contribution in [3.8, 4) is 0 Å². The minimum Gasteiger partial charge on any atom is -0.393 e. The molecular weight excluding hydrogens is 198 g/mol. The zero-order chi connectivity index (χ0) is 11.4. The van der Waals surface area contributed by atoms with E-state index in [0.717, 1.165) is 12.5 Å². The van der Waals surface area contributed by atoms with Gasteiger partial charge < -0.3 is 5.11 Å². The van der Waals surface area contributed by atoms with Gasteiger partial charge in [0, 0.05) is 12.0 Å². The van der Waals surface area contributed by atoms with Crippen LogP contribution in [0.1, 0.15) is 38.2 Å².